The number of imidazole rings is 1. The molecule has 5 heteroatoms. The number of hydrogen-bond donors (Lipinski definition) is 1. The summed E-state index contributed by atoms with van der Waals surface area (Å²) in [6, 6.07) is 8.40. The van der Waals surface area contributed by atoms with Crippen LogP contribution < -0.4 is 10.2 Å². The predicted molar refractivity (Wildman–Crippen MR) is 88.9 cm³/mol. The number of piperidine rings is 1. The van der Waals surface area contributed by atoms with Gasteiger partial charge in [-0.25, -0.2) is 4.98 Å². The molecular weight excluding hydrogens is 276 g/mol. The molecule has 22 heavy (non-hydrogen) atoms. The Morgan fingerprint density at radius 1 is 1.27 bits per heavy atom. The monoisotopic (exact) mass is 300 g/mol. The number of rotatable bonds is 3. The molecule has 1 amide bonds. The zero-order valence-corrected chi connectivity index (χ0v) is 13.5. The molecule has 0 saturated carbocycles. The second-order valence-corrected chi connectivity index (χ2v) is 6.38. The van der Waals surface area contributed by atoms with Crippen LogP contribution in [0.3, 0.4) is 0 Å². The number of nitrogens with zero attached hydrogens (tertiary/aromatic N) is 3. The van der Waals surface area contributed by atoms with E-state index in [9.17, 15) is 4.79 Å². The van der Waals surface area contributed by atoms with Gasteiger partial charge >= 0.3 is 0 Å². The second kappa shape index (κ2) is 5.99. The third-order valence-electron chi connectivity index (χ3n) is 4.34. The SMILES string of the molecule is CC(C)NC(=O)C1CCN(c2nc3ccccc3n2C)CC1. The summed E-state index contributed by atoms with van der Waals surface area (Å²) in [4.78, 5) is 19.1. The van der Waals surface area contributed by atoms with Crippen molar-refractivity contribution in [3.8, 4) is 0 Å². The van der Waals surface area contributed by atoms with Gasteiger partial charge in [0.15, 0.2) is 0 Å². The molecule has 2 heterocycles. The molecule has 0 bridgehead atoms. The number of carbonyl (C=O) groups is 1. The van der Waals surface area contributed by atoms with Gasteiger partial charge in [0.1, 0.15) is 0 Å². The van der Waals surface area contributed by atoms with Crippen LogP contribution in [0, 0.1) is 5.92 Å². The second-order valence-electron chi connectivity index (χ2n) is 6.38. The Bertz CT molecular complexity index is 668. The fourth-order valence-electron chi connectivity index (χ4n) is 3.16. The quantitative estimate of drug-likeness (QED) is 0.946. The molecule has 1 aliphatic rings. The topological polar surface area (TPSA) is 50.2 Å². The van der Waals surface area contributed by atoms with E-state index in [4.69, 9.17) is 4.98 Å². The van der Waals surface area contributed by atoms with E-state index in [2.05, 4.69) is 27.9 Å². The van der Waals surface area contributed by atoms with Gasteiger partial charge in [0, 0.05) is 32.1 Å². The van der Waals surface area contributed by atoms with Crippen LogP contribution in [-0.2, 0) is 11.8 Å². The number of aryl methyl sites for hydroxylation is 1. The van der Waals surface area contributed by atoms with Crippen molar-refractivity contribution in [3.63, 3.8) is 0 Å². The summed E-state index contributed by atoms with van der Waals surface area (Å²) in [5.41, 5.74) is 2.18. The Labute approximate surface area is 131 Å². The van der Waals surface area contributed by atoms with Crippen LogP contribution in [-0.4, -0.2) is 34.6 Å². The number of anilines is 1. The number of carbonyl (C=O) groups excluding carboxylic acids is 1. The van der Waals surface area contributed by atoms with Gasteiger partial charge in [0.05, 0.1) is 11.0 Å². The predicted octanol–water partition coefficient (Wildman–Crippen LogP) is 2.31. The Morgan fingerprint density at radius 3 is 2.59 bits per heavy atom. The Balaban J connectivity index is 1.70. The molecule has 1 aliphatic heterocycles. The first-order valence-electron chi connectivity index (χ1n) is 8.03. The third kappa shape index (κ3) is 2.80. The fraction of sp³-hybridized carbons (Fsp3) is 0.529. The minimum Gasteiger partial charge on any atom is -0.354 e. The molecule has 118 valence electrons. The van der Waals surface area contributed by atoms with E-state index >= 15 is 0 Å². The molecule has 1 saturated heterocycles. The number of amides is 1. The van der Waals surface area contributed by atoms with Gasteiger partial charge < -0.3 is 14.8 Å². The summed E-state index contributed by atoms with van der Waals surface area (Å²) in [6.07, 6.45) is 1.78. The number of fused-ring (bicyclic) bond motifs is 1. The van der Waals surface area contributed by atoms with E-state index in [0.717, 1.165) is 42.9 Å². The van der Waals surface area contributed by atoms with E-state index in [1.807, 2.05) is 32.0 Å². The zero-order valence-electron chi connectivity index (χ0n) is 13.5. The molecule has 2 aromatic rings. The lowest BCUT2D eigenvalue weighted by atomic mass is 9.96. The first kappa shape index (κ1) is 14.9. The van der Waals surface area contributed by atoms with Crippen molar-refractivity contribution in [1.29, 1.82) is 0 Å². The van der Waals surface area contributed by atoms with Gasteiger partial charge in [-0.05, 0) is 38.8 Å². The van der Waals surface area contributed by atoms with Crippen molar-refractivity contribution < 1.29 is 4.79 Å². The average molecular weight is 300 g/mol. The van der Waals surface area contributed by atoms with Crippen LogP contribution in [0.5, 0.6) is 0 Å². The first-order chi connectivity index (χ1) is 10.6. The standard InChI is InChI=1S/C17H24N4O/c1-12(2)18-16(22)13-8-10-21(11-9-13)17-19-14-6-4-5-7-15(14)20(17)3/h4-7,12-13H,8-11H2,1-3H3,(H,18,22). The Kier molecular flexibility index (Phi) is 4.05. The smallest absolute Gasteiger partial charge is 0.223 e. The summed E-state index contributed by atoms with van der Waals surface area (Å²) in [6.45, 7) is 5.78. The van der Waals surface area contributed by atoms with Crippen molar-refractivity contribution in [2.24, 2.45) is 13.0 Å². The summed E-state index contributed by atoms with van der Waals surface area (Å²) in [7, 11) is 2.06. The van der Waals surface area contributed by atoms with Gasteiger partial charge in [-0.2, -0.15) is 0 Å². The molecule has 1 N–H and O–H groups in total. The molecule has 0 aliphatic carbocycles. The largest absolute Gasteiger partial charge is 0.354 e. The highest BCUT2D eigenvalue weighted by Crippen LogP contribution is 2.25. The van der Waals surface area contributed by atoms with Gasteiger partial charge in [0.2, 0.25) is 11.9 Å². The van der Waals surface area contributed by atoms with E-state index in [1.54, 1.807) is 0 Å². The van der Waals surface area contributed by atoms with Crippen LogP contribution >= 0.6 is 0 Å². The maximum absolute atomic E-state index is 12.1. The summed E-state index contributed by atoms with van der Waals surface area (Å²) in [5.74, 6) is 1.33. The normalized spacial score (nSPS) is 16.5. The Morgan fingerprint density at radius 2 is 1.95 bits per heavy atom. The summed E-state index contributed by atoms with van der Waals surface area (Å²) < 4.78 is 2.14. The zero-order chi connectivity index (χ0) is 15.7. The fourth-order valence-corrected chi connectivity index (χ4v) is 3.16. The maximum Gasteiger partial charge on any atom is 0.223 e. The average Bonchev–Trinajstić information content (AvgIpc) is 2.84. The summed E-state index contributed by atoms with van der Waals surface area (Å²) in [5, 5.41) is 3.02. The molecule has 0 spiro atoms. The van der Waals surface area contributed by atoms with Crippen LogP contribution in [0.25, 0.3) is 11.0 Å². The molecule has 5 nitrogen and oxygen atoms in total. The highest BCUT2D eigenvalue weighted by Gasteiger charge is 2.27. The van der Waals surface area contributed by atoms with Gasteiger partial charge in [-0.1, -0.05) is 12.1 Å². The van der Waals surface area contributed by atoms with Crippen molar-refractivity contribution in [2.45, 2.75) is 32.7 Å². The van der Waals surface area contributed by atoms with Crippen LogP contribution in [0.15, 0.2) is 24.3 Å². The minimum atomic E-state index is 0.133. The minimum absolute atomic E-state index is 0.133. The molecule has 0 atom stereocenters. The molecule has 1 aromatic heterocycles. The molecule has 0 unspecified atom stereocenters. The van der Waals surface area contributed by atoms with Gasteiger partial charge in [0.25, 0.3) is 0 Å². The van der Waals surface area contributed by atoms with E-state index in [0.29, 0.717) is 0 Å². The highest BCUT2D eigenvalue weighted by atomic mass is 16.1. The van der Waals surface area contributed by atoms with Crippen molar-refractivity contribution in [3.05, 3.63) is 24.3 Å². The number of para-hydroxylation sites is 2. The van der Waals surface area contributed by atoms with Crippen LogP contribution in [0.1, 0.15) is 26.7 Å². The first-order valence-corrected chi connectivity index (χ1v) is 8.03. The van der Waals surface area contributed by atoms with Crippen molar-refractivity contribution >= 4 is 22.9 Å². The van der Waals surface area contributed by atoms with Crippen molar-refractivity contribution in [1.82, 2.24) is 14.9 Å². The highest BCUT2D eigenvalue weighted by molar-refractivity contribution is 5.80. The van der Waals surface area contributed by atoms with Crippen molar-refractivity contribution in [2.75, 3.05) is 18.0 Å². The van der Waals surface area contributed by atoms with Gasteiger partial charge in [-0.3, -0.25) is 4.79 Å². The van der Waals surface area contributed by atoms with E-state index in [1.165, 1.54) is 0 Å². The van der Waals surface area contributed by atoms with Crippen LogP contribution in [0.2, 0.25) is 0 Å². The number of benzene rings is 1. The summed E-state index contributed by atoms with van der Waals surface area (Å²) >= 11 is 0. The van der Waals surface area contributed by atoms with E-state index in [-0.39, 0.29) is 17.9 Å². The lowest BCUT2D eigenvalue weighted by Gasteiger charge is -2.32. The molecule has 0 radical (unpaired) electrons. The number of hydrogen-bond acceptors (Lipinski definition) is 3. The lowest BCUT2D eigenvalue weighted by molar-refractivity contribution is -0.126. The molecule has 1 aromatic carbocycles. The molecular formula is C17H24N4O. The number of nitrogens with one attached hydrogen (secondary N) is 1. The van der Waals surface area contributed by atoms with E-state index < -0.39 is 0 Å². The van der Waals surface area contributed by atoms with Gasteiger partial charge in [-0.15, -0.1) is 0 Å². The number of aromatic nitrogens is 2. The third-order valence-corrected chi connectivity index (χ3v) is 4.34. The maximum atomic E-state index is 12.1. The molecule has 3 rings (SSSR count). The molecule has 1 fully saturated rings. The van der Waals surface area contributed by atoms with Crippen LogP contribution in [0.4, 0.5) is 5.95 Å². The Hall–Kier alpha value is -2.04. The lowest BCUT2D eigenvalue weighted by Crippen LogP contribution is -2.43.